The summed E-state index contributed by atoms with van der Waals surface area (Å²) in [4.78, 5) is 4.23. The Morgan fingerprint density at radius 1 is 1.25 bits per heavy atom. The minimum absolute atomic E-state index is 0.697. The van der Waals surface area contributed by atoms with E-state index in [1.54, 1.807) is 6.20 Å². The van der Waals surface area contributed by atoms with E-state index in [1.807, 2.05) is 37.3 Å². The van der Waals surface area contributed by atoms with Crippen molar-refractivity contribution in [3.05, 3.63) is 52.8 Å². The monoisotopic (exact) mass is 290 g/mol. The summed E-state index contributed by atoms with van der Waals surface area (Å²) >= 11 is 6.26. The van der Waals surface area contributed by atoms with Crippen molar-refractivity contribution in [1.29, 1.82) is 0 Å². The molecule has 1 aromatic heterocycles. The number of ether oxygens (including phenoxy) is 1. The van der Waals surface area contributed by atoms with Crippen molar-refractivity contribution < 1.29 is 4.74 Å². The smallest absolute Gasteiger partial charge is 0.145 e. The molecule has 1 heterocycles. The molecule has 0 unspecified atom stereocenters. The maximum Gasteiger partial charge on any atom is 0.145 e. The molecule has 0 fully saturated rings. The largest absolute Gasteiger partial charge is 0.455 e. The molecule has 2 rings (SSSR count). The topological polar surface area (TPSA) is 34.1 Å². The molecule has 106 valence electrons. The normalized spacial score (nSPS) is 10.6. The highest BCUT2D eigenvalue weighted by Gasteiger charge is 2.09. The molecule has 0 spiro atoms. The number of aromatic nitrogens is 1. The lowest BCUT2D eigenvalue weighted by molar-refractivity contribution is 0.470. The molecular weight excluding hydrogens is 272 g/mol. The fourth-order valence-corrected chi connectivity index (χ4v) is 2.07. The van der Waals surface area contributed by atoms with Gasteiger partial charge in [-0.25, -0.2) is 0 Å². The van der Waals surface area contributed by atoms with Gasteiger partial charge in [0.15, 0.2) is 0 Å². The van der Waals surface area contributed by atoms with E-state index in [9.17, 15) is 0 Å². The maximum absolute atomic E-state index is 6.26. The van der Waals surface area contributed by atoms with Crippen LogP contribution in [0.25, 0.3) is 0 Å². The zero-order valence-electron chi connectivity index (χ0n) is 11.8. The van der Waals surface area contributed by atoms with Crippen LogP contribution in [0.5, 0.6) is 11.5 Å². The van der Waals surface area contributed by atoms with Crippen molar-refractivity contribution in [2.24, 2.45) is 0 Å². The average molecular weight is 291 g/mol. The first-order chi connectivity index (χ1) is 9.70. The predicted molar refractivity (Wildman–Crippen MR) is 82.5 cm³/mol. The number of rotatable bonds is 6. The quantitative estimate of drug-likeness (QED) is 0.804. The van der Waals surface area contributed by atoms with E-state index in [-0.39, 0.29) is 0 Å². The van der Waals surface area contributed by atoms with Crippen LogP contribution in [0.1, 0.15) is 24.6 Å². The number of hydrogen-bond donors (Lipinski definition) is 1. The first-order valence-electron chi connectivity index (χ1n) is 6.79. The molecule has 2 aromatic rings. The fourth-order valence-electron chi connectivity index (χ4n) is 1.84. The molecule has 3 nitrogen and oxygen atoms in total. The van der Waals surface area contributed by atoms with Crippen molar-refractivity contribution >= 4 is 11.6 Å². The van der Waals surface area contributed by atoms with Crippen molar-refractivity contribution in [1.82, 2.24) is 10.3 Å². The fraction of sp³-hybridized carbons (Fsp3) is 0.312. The van der Waals surface area contributed by atoms with E-state index >= 15 is 0 Å². The second kappa shape index (κ2) is 7.27. The van der Waals surface area contributed by atoms with E-state index in [0.717, 1.165) is 35.7 Å². The van der Waals surface area contributed by atoms with Crippen LogP contribution in [0, 0.1) is 6.92 Å². The van der Waals surface area contributed by atoms with E-state index < -0.39 is 0 Å². The Morgan fingerprint density at radius 3 is 2.80 bits per heavy atom. The summed E-state index contributed by atoms with van der Waals surface area (Å²) in [5, 5.41) is 4.06. The number of nitrogens with one attached hydrogen (secondary N) is 1. The highest BCUT2D eigenvalue weighted by Crippen LogP contribution is 2.30. The summed E-state index contributed by atoms with van der Waals surface area (Å²) < 4.78 is 5.89. The molecule has 0 aliphatic heterocycles. The lowest BCUT2D eigenvalue weighted by atomic mass is 10.2. The molecule has 0 atom stereocenters. The Labute approximate surface area is 124 Å². The first-order valence-corrected chi connectivity index (χ1v) is 7.17. The van der Waals surface area contributed by atoms with Gasteiger partial charge in [-0.15, -0.1) is 0 Å². The number of benzene rings is 1. The number of nitrogens with zero attached hydrogens (tertiary/aromatic N) is 1. The molecule has 20 heavy (non-hydrogen) atoms. The van der Waals surface area contributed by atoms with Gasteiger partial charge in [0.05, 0.1) is 6.20 Å². The summed E-state index contributed by atoms with van der Waals surface area (Å²) in [6, 6.07) is 9.53. The molecule has 0 saturated carbocycles. The molecule has 1 N–H and O–H groups in total. The Balaban J connectivity index is 2.17. The van der Waals surface area contributed by atoms with Gasteiger partial charge in [0, 0.05) is 22.8 Å². The lowest BCUT2D eigenvalue weighted by Crippen LogP contribution is -2.14. The number of halogens is 1. The zero-order valence-corrected chi connectivity index (χ0v) is 12.6. The molecule has 0 bridgehead atoms. The van der Waals surface area contributed by atoms with Gasteiger partial charge in [-0.05, 0) is 44.2 Å². The molecule has 0 radical (unpaired) electrons. The second-order valence-electron chi connectivity index (χ2n) is 4.63. The van der Waals surface area contributed by atoms with Gasteiger partial charge in [-0.1, -0.05) is 24.6 Å². The summed E-state index contributed by atoms with van der Waals surface area (Å²) in [7, 11) is 0. The van der Waals surface area contributed by atoms with Gasteiger partial charge in [-0.2, -0.15) is 0 Å². The summed E-state index contributed by atoms with van der Waals surface area (Å²) in [6.45, 7) is 5.73. The Kier molecular flexibility index (Phi) is 5.39. The van der Waals surface area contributed by atoms with Crippen molar-refractivity contribution in [2.45, 2.75) is 26.8 Å². The van der Waals surface area contributed by atoms with Crippen LogP contribution < -0.4 is 10.1 Å². The molecule has 0 amide bonds. The summed E-state index contributed by atoms with van der Waals surface area (Å²) in [5.74, 6) is 1.49. The van der Waals surface area contributed by atoms with Gasteiger partial charge in [-0.3, -0.25) is 4.98 Å². The number of pyridine rings is 1. The van der Waals surface area contributed by atoms with Crippen LogP contribution in [0.15, 0.2) is 36.5 Å². The standard InChI is InChI=1S/C16H19ClN2O/c1-3-9-18-11-14-15(17)5-4-6-16(14)20-13-8-7-12(2)19-10-13/h4-8,10,18H,3,9,11H2,1-2H3. The summed E-state index contributed by atoms with van der Waals surface area (Å²) in [6.07, 6.45) is 2.81. The maximum atomic E-state index is 6.26. The summed E-state index contributed by atoms with van der Waals surface area (Å²) in [5.41, 5.74) is 1.94. The van der Waals surface area contributed by atoms with Crippen LogP contribution in [0.2, 0.25) is 5.02 Å². The van der Waals surface area contributed by atoms with Crippen LogP contribution in [-0.2, 0) is 6.54 Å². The van der Waals surface area contributed by atoms with Crippen molar-refractivity contribution in [2.75, 3.05) is 6.54 Å². The van der Waals surface area contributed by atoms with Gasteiger partial charge in [0.1, 0.15) is 11.5 Å². The van der Waals surface area contributed by atoms with Crippen LogP contribution in [0.4, 0.5) is 0 Å². The van der Waals surface area contributed by atoms with Gasteiger partial charge >= 0.3 is 0 Å². The molecule has 1 aromatic carbocycles. The van der Waals surface area contributed by atoms with Gasteiger partial charge in [0.2, 0.25) is 0 Å². The SMILES string of the molecule is CCCNCc1c(Cl)cccc1Oc1ccc(C)nc1. The third kappa shape index (κ3) is 3.95. The van der Waals surface area contributed by atoms with Crippen LogP contribution >= 0.6 is 11.6 Å². The van der Waals surface area contributed by atoms with E-state index in [4.69, 9.17) is 16.3 Å². The lowest BCUT2D eigenvalue weighted by Gasteiger charge is -2.13. The third-order valence-corrected chi connectivity index (χ3v) is 3.27. The number of hydrogen-bond acceptors (Lipinski definition) is 3. The van der Waals surface area contributed by atoms with Crippen LogP contribution in [-0.4, -0.2) is 11.5 Å². The highest BCUT2D eigenvalue weighted by atomic mass is 35.5. The minimum Gasteiger partial charge on any atom is -0.455 e. The minimum atomic E-state index is 0.697. The Hall–Kier alpha value is -1.58. The molecule has 0 saturated heterocycles. The van der Waals surface area contributed by atoms with Crippen LogP contribution in [0.3, 0.4) is 0 Å². The molecule has 0 aliphatic carbocycles. The Morgan fingerprint density at radius 2 is 2.10 bits per heavy atom. The first kappa shape index (κ1) is 14.8. The van der Waals surface area contributed by atoms with Gasteiger partial charge in [0.25, 0.3) is 0 Å². The third-order valence-electron chi connectivity index (χ3n) is 2.92. The zero-order chi connectivity index (χ0) is 14.4. The average Bonchev–Trinajstić information content (AvgIpc) is 2.44. The number of aryl methyl sites for hydroxylation is 1. The van der Waals surface area contributed by atoms with E-state index in [2.05, 4.69) is 17.2 Å². The second-order valence-corrected chi connectivity index (χ2v) is 5.04. The van der Waals surface area contributed by atoms with Crippen molar-refractivity contribution in [3.63, 3.8) is 0 Å². The van der Waals surface area contributed by atoms with Gasteiger partial charge < -0.3 is 10.1 Å². The van der Waals surface area contributed by atoms with E-state index in [1.165, 1.54) is 0 Å². The van der Waals surface area contributed by atoms with Crippen molar-refractivity contribution in [3.8, 4) is 11.5 Å². The predicted octanol–water partition coefficient (Wildman–Crippen LogP) is 4.34. The molecule has 4 heteroatoms. The highest BCUT2D eigenvalue weighted by molar-refractivity contribution is 6.31. The van der Waals surface area contributed by atoms with E-state index in [0.29, 0.717) is 11.6 Å². The molecule has 0 aliphatic rings. The Bertz CT molecular complexity index is 555. The molecular formula is C16H19ClN2O.